The molecule has 0 spiro atoms. The molecule has 0 bridgehead atoms. The van der Waals surface area contributed by atoms with Crippen molar-refractivity contribution >= 4 is 28.9 Å². The Morgan fingerprint density at radius 2 is 2.12 bits per heavy atom. The first kappa shape index (κ1) is 20.0. The smallest absolute Gasteiger partial charge is 0.321 e. The van der Waals surface area contributed by atoms with Crippen molar-refractivity contribution in [2.75, 3.05) is 5.32 Å². The second-order valence-corrected chi connectivity index (χ2v) is 7.96. The maximum atomic E-state index is 12.6. The van der Waals surface area contributed by atoms with Crippen LogP contribution in [0.4, 0.5) is 5.69 Å². The molecule has 2 aliphatic heterocycles. The Morgan fingerprint density at radius 1 is 1.28 bits per heavy atom. The van der Waals surface area contributed by atoms with Gasteiger partial charge in [-0.15, -0.1) is 0 Å². The minimum absolute atomic E-state index is 0.167. The number of rotatable bonds is 6. The molecule has 1 atom stereocenters. The largest absolute Gasteiger partial charge is 0.487 e. The fraction of sp³-hybridized carbons (Fsp3) is 0.208. The van der Waals surface area contributed by atoms with E-state index in [4.69, 9.17) is 4.74 Å². The van der Waals surface area contributed by atoms with Gasteiger partial charge in [0.1, 0.15) is 18.4 Å². The molecule has 8 nitrogen and oxygen atoms in total. The zero-order valence-corrected chi connectivity index (χ0v) is 17.5. The number of imidazole rings is 1. The zero-order chi connectivity index (χ0) is 22.2. The van der Waals surface area contributed by atoms with Crippen molar-refractivity contribution in [1.29, 1.82) is 0 Å². The van der Waals surface area contributed by atoms with Gasteiger partial charge in [0.25, 0.3) is 5.91 Å². The molecule has 1 unspecified atom stereocenters. The number of carbonyl (C=O) groups excluding carboxylic acids is 1. The minimum Gasteiger partial charge on any atom is -0.487 e. The topological polar surface area (TPSA) is 105 Å². The predicted molar refractivity (Wildman–Crippen MR) is 118 cm³/mol. The lowest BCUT2D eigenvalue weighted by Crippen LogP contribution is -2.38. The van der Waals surface area contributed by atoms with Crippen molar-refractivity contribution < 1.29 is 19.4 Å². The van der Waals surface area contributed by atoms with Gasteiger partial charge < -0.3 is 19.7 Å². The van der Waals surface area contributed by atoms with Crippen LogP contribution in [-0.4, -0.2) is 32.6 Å². The van der Waals surface area contributed by atoms with Crippen LogP contribution in [0.5, 0.6) is 0 Å². The summed E-state index contributed by atoms with van der Waals surface area (Å²) in [6.45, 7) is 0.770. The summed E-state index contributed by atoms with van der Waals surface area (Å²) < 4.78 is 7.75. The third kappa shape index (κ3) is 3.54. The van der Waals surface area contributed by atoms with Gasteiger partial charge in [0, 0.05) is 54.3 Å². The molecule has 5 rings (SSSR count). The van der Waals surface area contributed by atoms with Crippen LogP contribution in [0.25, 0.3) is 11.3 Å². The number of aromatic nitrogens is 2. The molecule has 1 amide bonds. The van der Waals surface area contributed by atoms with Gasteiger partial charge in [-0.25, -0.2) is 4.98 Å². The number of amides is 1. The number of carbonyl (C=O) groups is 2. The Balaban J connectivity index is 1.36. The van der Waals surface area contributed by atoms with E-state index in [0.29, 0.717) is 30.9 Å². The van der Waals surface area contributed by atoms with E-state index in [1.165, 1.54) is 0 Å². The Bertz CT molecular complexity index is 1260. The second-order valence-electron chi connectivity index (χ2n) is 7.96. The summed E-state index contributed by atoms with van der Waals surface area (Å²) in [6.07, 6.45) is 3.67. The van der Waals surface area contributed by atoms with Crippen molar-refractivity contribution in [3.63, 3.8) is 0 Å². The molecule has 2 aliphatic rings. The van der Waals surface area contributed by atoms with Crippen LogP contribution in [-0.2, 0) is 40.9 Å². The van der Waals surface area contributed by atoms with E-state index in [-0.39, 0.29) is 5.91 Å². The fourth-order valence-corrected chi connectivity index (χ4v) is 4.15. The fourth-order valence-electron chi connectivity index (χ4n) is 4.15. The van der Waals surface area contributed by atoms with E-state index in [2.05, 4.69) is 15.6 Å². The summed E-state index contributed by atoms with van der Waals surface area (Å²) in [7, 11) is 1.84. The molecule has 3 N–H and O–H groups in total. The Kier molecular flexibility index (Phi) is 4.99. The summed E-state index contributed by atoms with van der Waals surface area (Å²) in [5, 5.41) is 15.6. The van der Waals surface area contributed by atoms with Gasteiger partial charge in [-0.3, -0.25) is 14.9 Å². The Labute approximate surface area is 184 Å². The number of carboxylic acids is 1. The highest BCUT2D eigenvalue weighted by Gasteiger charge is 2.32. The number of aliphatic carboxylic acids is 1. The molecule has 0 saturated carbocycles. The van der Waals surface area contributed by atoms with E-state index >= 15 is 0 Å². The number of hydrogen-bond acceptors (Lipinski definition) is 5. The number of nitrogens with one attached hydrogen (secondary N) is 2. The number of nitrogens with zero attached hydrogens (tertiary/aromatic N) is 2. The molecular weight excluding hydrogens is 408 g/mol. The molecule has 0 fully saturated rings. The van der Waals surface area contributed by atoms with Crippen LogP contribution in [0.15, 0.2) is 55.0 Å². The summed E-state index contributed by atoms with van der Waals surface area (Å²) in [5.74, 6) is -0.491. The lowest BCUT2D eigenvalue weighted by Gasteiger charge is -2.15. The van der Waals surface area contributed by atoms with E-state index < -0.39 is 12.0 Å². The summed E-state index contributed by atoms with van der Waals surface area (Å²) >= 11 is 0. The number of hydrogen-bond donors (Lipinski definition) is 3. The molecule has 2 aromatic carbocycles. The van der Waals surface area contributed by atoms with Gasteiger partial charge in [-0.2, -0.15) is 0 Å². The first-order chi connectivity index (χ1) is 15.5. The van der Waals surface area contributed by atoms with E-state index in [9.17, 15) is 14.7 Å². The van der Waals surface area contributed by atoms with E-state index in [1.807, 2.05) is 54.1 Å². The van der Waals surface area contributed by atoms with Crippen LogP contribution in [0.2, 0.25) is 0 Å². The van der Waals surface area contributed by atoms with E-state index in [1.54, 1.807) is 12.5 Å². The molecule has 0 saturated heterocycles. The highest BCUT2D eigenvalue weighted by Crippen LogP contribution is 2.41. The number of para-hydroxylation sites is 1. The third-order valence-corrected chi connectivity index (χ3v) is 5.87. The predicted octanol–water partition coefficient (Wildman–Crippen LogP) is 2.56. The molecule has 0 aliphatic carbocycles. The highest BCUT2D eigenvalue weighted by molar-refractivity contribution is 6.36. The molecule has 3 heterocycles. The highest BCUT2D eigenvalue weighted by atomic mass is 16.5. The van der Waals surface area contributed by atoms with Crippen molar-refractivity contribution in [2.45, 2.75) is 25.6 Å². The van der Waals surface area contributed by atoms with Crippen molar-refractivity contribution in [1.82, 2.24) is 14.9 Å². The van der Waals surface area contributed by atoms with Gasteiger partial charge in [0.15, 0.2) is 0 Å². The quantitative estimate of drug-likeness (QED) is 0.519. The molecule has 0 radical (unpaired) electrons. The van der Waals surface area contributed by atoms with Crippen molar-refractivity contribution in [3.05, 3.63) is 82.9 Å². The van der Waals surface area contributed by atoms with Crippen molar-refractivity contribution in [3.8, 4) is 0 Å². The molecule has 3 aromatic rings. The SMILES string of the molecule is Cn1cncc1CC(NCc1ccc2c(c1)COC2=C1C(=O)Nc2ccccc21)C(=O)O. The number of benzene rings is 2. The zero-order valence-electron chi connectivity index (χ0n) is 17.5. The number of aryl methyl sites for hydroxylation is 1. The number of carboxylic acid groups (broad SMARTS) is 1. The average molecular weight is 430 g/mol. The average Bonchev–Trinajstić information content (AvgIpc) is 3.46. The normalized spacial score (nSPS) is 17.5. The lowest BCUT2D eigenvalue weighted by atomic mass is 9.99. The van der Waals surface area contributed by atoms with Crippen LogP contribution in [0.1, 0.15) is 27.9 Å². The number of ether oxygens (including phenoxy) is 1. The molecule has 162 valence electrons. The monoisotopic (exact) mass is 430 g/mol. The molecule has 32 heavy (non-hydrogen) atoms. The standard InChI is InChI=1S/C24H22N4O4/c1-28-13-25-11-16(28)9-20(24(30)31)26-10-14-6-7-17-15(8-14)12-32-22(17)21-18-4-2-3-5-19(18)27-23(21)29/h2-8,11,13,20,26H,9-10,12H2,1H3,(H,27,29)(H,30,31). The first-order valence-corrected chi connectivity index (χ1v) is 10.3. The second kappa shape index (κ2) is 7.97. The van der Waals surface area contributed by atoms with Crippen LogP contribution >= 0.6 is 0 Å². The Morgan fingerprint density at radius 3 is 2.91 bits per heavy atom. The van der Waals surface area contributed by atoms with Gasteiger partial charge in [0.05, 0.1) is 11.9 Å². The van der Waals surface area contributed by atoms with Crippen LogP contribution in [0, 0.1) is 0 Å². The van der Waals surface area contributed by atoms with Crippen LogP contribution < -0.4 is 10.6 Å². The van der Waals surface area contributed by atoms with Crippen molar-refractivity contribution in [2.24, 2.45) is 7.05 Å². The third-order valence-electron chi connectivity index (χ3n) is 5.87. The minimum atomic E-state index is -0.909. The van der Waals surface area contributed by atoms with E-state index in [0.717, 1.165) is 33.6 Å². The maximum absolute atomic E-state index is 12.6. The number of fused-ring (bicyclic) bond motifs is 2. The number of anilines is 1. The summed E-state index contributed by atoms with van der Waals surface area (Å²) in [4.78, 5) is 28.3. The molecule has 8 heteroatoms. The van der Waals surface area contributed by atoms with Gasteiger partial charge in [0.2, 0.25) is 0 Å². The van der Waals surface area contributed by atoms with Crippen LogP contribution in [0.3, 0.4) is 0 Å². The Hall–Kier alpha value is -3.91. The maximum Gasteiger partial charge on any atom is 0.321 e. The van der Waals surface area contributed by atoms with Gasteiger partial charge in [-0.05, 0) is 11.6 Å². The van der Waals surface area contributed by atoms with Gasteiger partial charge in [-0.1, -0.05) is 36.4 Å². The summed E-state index contributed by atoms with van der Waals surface area (Å²) in [5.41, 5.74) is 5.83. The first-order valence-electron chi connectivity index (χ1n) is 10.3. The molecular formula is C24H22N4O4. The molecule has 1 aromatic heterocycles. The lowest BCUT2D eigenvalue weighted by molar-refractivity contribution is -0.139. The summed E-state index contributed by atoms with van der Waals surface area (Å²) in [6, 6.07) is 12.7. The van der Waals surface area contributed by atoms with Gasteiger partial charge >= 0.3 is 5.97 Å².